The highest BCUT2D eigenvalue weighted by Gasteiger charge is 2.16. The fourth-order valence-electron chi connectivity index (χ4n) is 3.77. The molecule has 0 unspecified atom stereocenters. The minimum absolute atomic E-state index is 0.627. The summed E-state index contributed by atoms with van der Waals surface area (Å²) in [5.74, 6) is 0.831. The molecule has 0 aliphatic carbocycles. The van der Waals surface area contributed by atoms with E-state index in [1.54, 1.807) is 0 Å². The third-order valence-corrected chi connectivity index (χ3v) is 5.00. The number of unbranched alkanes of at least 4 members (excludes halogenated alkanes) is 1. The van der Waals surface area contributed by atoms with Crippen LogP contribution in [0.3, 0.4) is 0 Å². The molecule has 0 aliphatic rings. The van der Waals surface area contributed by atoms with E-state index in [0.29, 0.717) is 6.61 Å². The first-order valence-electron chi connectivity index (χ1n) is 9.64. The average molecular weight is 359 g/mol. The summed E-state index contributed by atoms with van der Waals surface area (Å²) in [5.41, 5.74) is 11.5. The van der Waals surface area contributed by atoms with E-state index < -0.39 is 0 Å². The van der Waals surface area contributed by atoms with Crippen LogP contribution in [0.4, 0.5) is 0 Å². The summed E-state index contributed by atoms with van der Waals surface area (Å²) >= 11 is 0. The third kappa shape index (κ3) is 3.28. The number of para-hydroxylation sites is 1. The zero-order chi connectivity index (χ0) is 18.6. The van der Waals surface area contributed by atoms with Crippen LogP contribution in [0.1, 0.15) is 25.3 Å². The number of nitrogens with one attached hydrogen (secondary N) is 1. The van der Waals surface area contributed by atoms with Gasteiger partial charge in [-0.15, -0.1) is 0 Å². The van der Waals surface area contributed by atoms with E-state index in [-0.39, 0.29) is 0 Å². The minimum Gasteiger partial charge on any atom is -0.492 e. The van der Waals surface area contributed by atoms with E-state index in [2.05, 4.69) is 46.4 Å². The molecule has 4 aromatic rings. The van der Waals surface area contributed by atoms with Gasteiger partial charge >= 0.3 is 0 Å². The van der Waals surface area contributed by atoms with Crippen molar-refractivity contribution in [3.8, 4) is 17.0 Å². The third-order valence-electron chi connectivity index (χ3n) is 5.00. The number of hydrogen-bond donors (Lipinski definition) is 2. The number of nitrogens with zero attached hydrogens (tertiary/aromatic N) is 1. The van der Waals surface area contributed by atoms with Gasteiger partial charge in [-0.2, -0.15) is 0 Å². The van der Waals surface area contributed by atoms with Crippen LogP contribution in [-0.2, 0) is 6.42 Å². The van der Waals surface area contributed by atoms with Gasteiger partial charge in [-0.1, -0.05) is 24.3 Å². The molecule has 0 atom stereocenters. The molecule has 2 aromatic carbocycles. The van der Waals surface area contributed by atoms with E-state index in [4.69, 9.17) is 10.5 Å². The molecule has 0 saturated heterocycles. The molecule has 0 amide bonds. The van der Waals surface area contributed by atoms with Gasteiger partial charge in [-0.05, 0) is 62.6 Å². The lowest BCUT2D eigenvalue weighted by Crippen LogP contribution is -1.99. The van der Waals surface area contributed by atoms with Crippen LogP contribution in [0.5, 0.6) is 5.75 Å². The predicted octanol–water partition coefficient (Wildman–Crippen LogP) is 5.06. The lowest BCUT2D eigenvalue weighted by molar-refractivity contribution is 0.343. The predicted molar refractivity (Wildman–Crippen MR) is 112 cm³/mol. The number of fused-ring (bicyclic) bond motifs is 2. The Balaban J connectivity index is 1.92. The molecule has 3 N–H and O–H groups in total. The number of H-pyrrole nitrogens is 1. The van der Waals surface area contributed by atoms with Crippen molar-refractivity contribution in [3.05, 3.63) is 60.3 Å². The quantitative estimate of drug-likeness (QED) is 0.453. The number of ether oxygens (including phenoxy) is 1. The van der Waals surface area contributed by atoms with E-state index in [1.807, 2.05) is 25.3 Å². The summed E-state index contributed by atoms with van der Waals surface area (Å²) in [6.07, 6.45) is 4.94. The van der Waals surface area contributed by atoms with Gasteiger partial charge < -0.3 is 15.5 Å². The maximum Gasteiger partial charge on any atom is 0.145 e. The molecule has 0 bridgehead atoms. The van der Waals surface area contributed by atoms with Crippen molar-refractivity contribution in [1.82, 2.24) is 9.97 Å². The number of aryl methyl sites for hydroxylation is 1. The highest BCUT2D eigenvalue weighted by Crippen LogP contribution is 2.37. The number of hydrogen-bond acceptors (Lipinski definition) is 3. The van der Waals surface area contributed by atoms with Crippen molar-refractivity contribution >= 4 is 21.8 Å². The van der Waals surface area contributed by atoms with Gasteiger partial charge in [0, 0.05) is 28.0 Å². The van der Waals surface area contributed by atoms with Crippen LogP contribution in [0.15, 0.2) is 54.7 Å². The first-order valence-corrected chi connectivity index (χ1v) is 9.64. The van der Waals surface area contributed by atoms with Crippen molar-refractivity contribution in [2.75, 3.05) is 13.2 Å². The van der Waals surface area contributed by atoms with Gasteiger partial charge in [0.2, 0.25) is 0 Å². The Morgan fingerprint density at radius 3 is 2.70 bits per heavy atom. The van der Waals surface area contributed by atoms with Crippen LogP contribution in [0.25, 0.3) is 33.1 Å². The van der Waals surface area contributed by atoms with Crippen molar-refractivity contribution in [2.45, 2.75) is 26.2 Å². The first-order chi connectivity index (χ1) is 13.3. The molecular formula is C23H25N3O. The molecule has 0 radical (unpaired) electrons. The lowest BCUT2D eigenvalue weighted by atomic mass is 9.97. The molecule has 4 heteroatoms. The SMILES string of the molecule is CCOc1ccc(-c2[nH]c3ccccc3c2CCCCN)c2cccnc12. The van der Waals surface area contributed by atoms with Crippen molar-refractivity contribution in [2.24, 2.45) is 5.73 Å². The number of rotatable bonds is 7. The second-order valence-corrected chi connectivity index (χ2v) is 6.71. The fourth-order valence-corrected chi connectivity index (χ4v) is 3.77. The molecule has 2 aromatic heterocycles. The molecule has 2 heterocycles. The van der Waals surface area contributed by atoms with Gasteiger partial charge in [-0.25, -0.2) is 0 Å². The normalized spacial score (nSPS) is 11.3. The van der Waals surface area contributed by atoms with E-state index in [0.717, 1.165) is 42.5 Å². The number of pyridine rings is 1. The number of aromatic amines is 1. The minimum atomic E-state index is 0.627. The molecule has 0 spiro atoms. The Kier molecular flexibility index (Phi) is 5.07. The Morgan fingerprint density at radius 1 is 1.00 bits per heavy atom. The van der Waals surface area contributed by atoms with Crippen LogP contribution in [0, 0.1) is 0 Å². The number of nitrogens with two attached hydrogens (primary N) is 1. The second-order valence-electron chi connectivity index (χ2n) is 6.71. The van der Waals surface area contributed by atoms with Crippen molar-refractivity contribution in [3.63, 3.8) is 0 Å². The standard InChI is InChI=1S/C23H25N3O/c1-2-27-21-13-12-19(18-10-7-15-25-23(18)21)22-17(9-5-6-14-24)16-8-3-4-11-20(16)26-22/h3-4,7-8,10-13,15,26H,2,5-6,9,14,24H2,1H3. The highest BCUT2D eigenvalue weighted by atomic mass is 16.5. The summed E-state index contributed by atoms with van der Waals surface area (Å²) < 4.78 is 5.79. The van der Waals surface area contributed by atoms with Gasteiger partial charge in [-0.3, -0.25) is 4.98 Å². The van der Waals surface area contributed by atoms with Crippen molar-refractivity contribution in [1.29, 1.82) is 0 Å². The first kappa shape index (κ1) is 17.6. The molecule has 4 nitrogen and oxygen atoms in total. The van der Waals surface area contributed by atoms with E-state index in [1.165, 1.54) is 27.7 Å². The zero-order valence-electron chi connectivity index (χ0n) is 15.7. The Bertz CT molecular complexity index is 1070. The van der Waals surface area contributed by atoms with Crippen LogP contribution in [-0.4, -0.2) is 23.1 Å². The zero-order valence-corrected chi connectivity index (χ0v) is 15.7. The van der Waals surface area contributed by atoms with E-state index >= 15 is 0 Å². The molecule has 4 rings (SSSR count). The maximum absolute atomic E-state index is 5.79. The van der Waals surface area contributed by atoms with Crippen LogP contribution in [0.2, 0.25) is 0 Å². The second kappa shape index (κ2) is 7.80. The summed E-state index contributed by atoms with van der Waals surface area (Å²) in [6, 6.07) is 16.8. The van der Waals surface area contributed by atoms with Gasteiger partial charge in [0.25, 0.3) is 0 Å². The monoisotopic (exact) mass is 359 g/mol. The summed E-state index contributed by atoms with van der Waals surface area (Å²) in [7, 11) is 0. The average Bonchev–Trinajstić information content (AvgIpc) is 3.07. The topological polar surface area (TPSA) is 63.9 Å². The molecule has 27 heavy (non-hydrogen) atoms. The fraction of sp³-hybridized carbons (Fsp3) is 0.261. The summed E-state index contributed by atoms with van der Waals surface area (Å²) in [6.45, 7) is 3.35. The largest absolute Gasteiger partial charge is 0.492 e. The smallest absolute Gasteiger partial charge is 0.145 e. The molecule has 138 valence electrons. The van der Waals surface area contributed by atoms with Crippen molar-refractivity contribution < 1.29 is 4.74 Å². The van der Waals surface area contributed by atoms with Gasteiger partial charge in [0.15, 0.2) is 0 Å². The summed E-state index contributed by atoms with van der Waals surface area (Å²) in [5, 5.41) is 2.39. The Morgan fingerprint density at radius 2 is 1.85 bits per heavy atom. The van der Waals surface area contributed by atoms with Gasteiger partial charge in [0.05, 0.1) is 12.3 Å². The molecule has 0 fully saturated rings. The lowest BCUT2D eigenvalue weighted by Gasteiger charge is -2.12. The molecule has 0 aliphatic heterocycles. The Hall–Kier alpha value is -2.85. The Labute approximate surface area is 159 Å². The van der Waals surface area contributed by atoms with Gasteiger partial charge in [0.1, 0.15) is 11.3 Å². The maximum atomic E-state index is 5.79. The molecular weight excluding hydrogens is 334 g/mol. The van der Waals surface area contributed by atoms with Crippen LogP contribution >= 0.6 is 0 Å². The highest BCUT2D eigenvalue weighted by molar-refractivity contribution is 6.01. The van der Waals surface area contributed by atoms with E-state index in [9.17, 15) is 0 Å². The molecule has 0 saturated carbocycles. The summed E-state index contributed by atoms with van der Waals surface area (Å²) in [4.78, 5) is 8.24. The number of benzene rings is 2. The van der Waals surface area contributed by atoms with Crippen LogP contribution < -0.4 is 10.5 Å². The number of aromatic nitrogens is 2.